The molecule has 0 saturated carbocycles. The van der Waals surface area contributed by atoms with Crippen molar-refractivity contribution >= 4 is 5.97 Å². The SMILES string of the molecule is COC(=O)[C@H]1C[C@@H](Oc2ccc(F)c(F)c2)CN1. The molecule has 1 aliphatic heterocycles. The molecule has 1 N–H and O–H groups in total. The van der Waals surface area contributed by atoms with Gasteiger partial charge in [0.1, 0.15) is 17.9 Å². The summed E-state index contributed by atoms with van der Waals surface area (Å²) < 4.78 is 35.7. The fourth-order valence-electron chi connectivity index (χ4n) is 1.86. The lowest BCUT2D eigenvalue weighted by molar-refractivity contribution is -0.142. The van der Waals surface area contributed by atoms with Gasteiger partial charge in [0.2, 0.25) is 0 Å². The Hall–Kier alpha value is -1.69. The standard InChI is InChI=1S/C12H13F2NO3/c1-17-12(16)11-5-8(6-15-11)18-7-2-3-9(13)10(14)4-7/h2-4,8,11,15H,5-6H2,1H3/t8-,11-/m1/s1. The molecule has 2 atom stereocenters. The predicted molar refractivity (Wildman–Crippen MR) is 59.2 cm³/mol. The maximum atomic E-state index is 13.0. The number of halogens is 2. The van der Waals surface area contributed by atoms with Crippen LogP contribution in [0, 0.1) is 11.6 Å². The van der Waals surface area contributed by atoms with E-state index in [0.29, 0.717) is 13.0 Å². The van der Waals surface area contributed by atoms with Crippen LogP contribution in [0.25, 0.3) is 0 Å². The van der Waals surface area contributed by atoms with Gasteiger partial charge in [-0.25, -0.2) is 8.78 Å². The highest BCUT2D eigenvalue weighted by atomic mass is 19.2. The van der Waals surface area contributed by atoms with Crippen LogP contribution in [0.2, 0.25) is 0 Å². The monoisotopic (exact) mass is 257 g/mol. The van der Waals surface area contributed by atoms with Crippen LogP contribution in [0.3, 0.4) is 0 Å². The molecule has 1 heterocycles. The third kappa shape index (κ3) is 2.76. The third-order valence-corrected chi connectivity index (χ3v) is 2.77. The van der Waals surface area contributed by atoms with Crippen LogP contribution in [0.15, 0.2) is 18.2 Å². The fraction of sp³-hybridized carbons (Fsp3) is 0.417. The van der Waals surface area contributed by atoms with Crippen LogP contribution in [0.4, 0.5) is 8.78 Å². The summed E-state index contributed by atoms with van der Waals surface area (Å²) in [6, 6.07) is 2.93. The minimum Gasteiger partial charge on any atom is -0.489 e. The Morgan fingerprint density at radius 1 is 1.39 bits per heavy atom. The number of rotatable bonds is 3. The molecule has 0 aromatic heterocycles. The molecule has 1 saturated heterocycles. The van der Waals surface area contributed by atoms with E-state index in [1.54, 1.807) is 0 Å². The molecule has 0 bridgehead atoms. The highest BCUT2D eigenvalue weighted by Crippen LogP contribution is 2.20. The van der Waals surface area contributed by atoms with Crippen molar-refractivity contribution in [2.24, 2.45) is 0 Å². The zero-order valence-electron chi connectivity index (χ0n) is 9.78. The quantitative estimate of drug-likeness (QED) is 0.828. The van der Waals surface area contributed by atoms with Crippen molar-refractivity contribution in [2.45, 2.75) is 18.6 Å². The highest BCUT2D eigenvalue weighted by molar-refractivity contribution is 5.76. The van der Waals surface area contributed by atoms with Gasteiger partial charge in [-0.05, 0) is 12.1 Å². The van der Waals surface area contributed by atoms with Gasteiger partial charge in [0.25, 0.3) is 0 Å². The van der Waals surface area contributed by atoms with Crippen molar-refractivity contribution in [1.29, 1.82) is 0 Å². The normalized spacial score (nSPS) is 22.8. The van der Waals surface area contributed by atoms with E-state index in [9.17, 15) is 13.6 Å². The fourth-order valence-corrected chi connectivity index (χ4v) is 1.86. The van der Waals surface area contributed by atoms with Gasteiger partial charge in [0.05, 0.1) is 7.11 Å². The minimum atomic E-state index is -0.956. The Morgan fingerprint density at radius 3 is 2.83 bits per heavy atom. The summed E-state index contributed by atoms with van der Waals surface area (Å²) in [7, 11) is 1.31. The van der Waals surface area contributed by atoms with Crippen LogP contribution < -0.4 is 10.1 Å². The van der Waals surface area contributed by atoms with E-state index < -0.39 is 17.7 Å². The molecule has 0 aliphatic carbocycles. The number of methoxy groups -OCH3 is 1. The largest absolute Gasteiger partial charge is 0.489 e. The smallest absolute Gasteiger partial charge is 0.323 e. The molecular formula is C12H13F2NO3. The summed E-state index contributed by atoms with van der Waals surface area (Å²) in [5, 5.41) is 2.94. The third-order valence-electron chi connectivity index (χ3n) is 2.77. The van der Waals surface area contributed by atoms with Gasteiger partial charge in [-0.3, -0.25) is 4.79 Å². The second-order valence-electron chi connectivity index (χ2n) is 4.04. The van der Waals surface area contributed by atoms with Gasteiger partial charge in [0.15, 0.2) is 11.6 Å². The summed E-state index contributed by atoms with van der Waals surface area (Å²) in [4.78, 5) is 11.3. The van der Waals surface area contributed by atoms with Gasteiger partial charge < -0.3 is 14.8 Å². The average molecular weight is 257 g/mol. The summed E-state index contributed by atoms with van der Waals surface area (Å²) in [6.45, 7) is 0.457. The topological polar surface area (TPSA) is 47.6 Å². The molecule has 4 nitrogen and oxygen atoms in total. The number of carbonyl (C=O) groups excluding carboxylic acids is 1. The summed E-state index contributed by atoms with van der Waals surface area (Å²) in [5.41, 5.74) is 0. The van der Waals surface area contributed by atoms with Gasteiger partial charge in [0, 0.05) is 19.0 Å². The second kappa shape index (κ2) is 5.30. The van der Waals surface area contributed by atoms with Gasteiger partial charge in [-0.15, -0.1) is 0 Å². The minimum absolute atomic E-state index is 0.242. The van der Waals surface area contributed by atoms with E-state index in [-0.39, 0.29) is 17.8 Å². The Morgan fingerprint density at radius 2 is 2.17 bits per heavy atom. The molecule has 0 unspecified atom stereocenters. The number of benzene rings is 1. The molecule has 1 aromatic carbocycles. The molecule has 0 spiro atoms. The Labute approximate surface area is 103 Å². The zero-order chi connectivity index (χ0) is 13.1. The number of esters is 1. The molecule has 2 rings (SSSR count). The Bertz CT molecular complexity index is 453. The number of nitrogens with one attached hydrogen (secondary N) is 1. The van der Waals surface area contributed by atoms with E-state index in [1.165, 1.54) is 13.2 Å². The van der Waals surface area contributed by atoms with E-state index in [1.807, 2.05) is 0 Å². The molecular weight excluding hydrogens is 244 g/mol. The van der Waals surface area contributed by atoms with Crippen LogP contribution in [-0.2, 0) is 9.53 Å². The lowest BCUT2D eigenvalue weighted by atomic mass is 10.2. The summed E-state index contributed by atoms with van der Waals surface area (Å²) in [5.74, 6) is -1.99. The van der Waals surface area contributed by atoms with Crippen molar-refractivity contribution in [3.63, 3.8) is 0 Å². The first-order valence-electron chi connectivity index (χ1n) is 5.53. The highest BCUT2D eigenvalue weighted by Gasteiger charge is 2.31. The molecule has 1 fully saturated rings. The van der Waals surface area contributed by atoms with Crippen molar-refractivity contribution in [2.75, 3.05) is 13.7 Å². The zero-order valence-corrected chi connectivity index (χ0v) is 9.78. The Kier molecular flexibility index (Phi) is 3.76. The Balaban J connectivity index is 1.95. The molecule has 1 aliphatic rings. The molecule has 18 heavy (non-hydrogen) atoms. The lowest BCUT2D eigenvalue weighted by Crippen LogP contribution is -2.31. The average Bonchev–Trinajstić information content (AvgIpc) is 2.81. The second-order valence-corrected chi connectivity index (χ2v) is 4.04. The lowest BCUT2D eigenvalue weighted by Gasteiger charge is -2.12. The van der Waals surface area contributed by atoms with Crippen molar-refractivity contribution in [3.05, 3.63) is 29.8 Å². The van der Waals surface area contributed by atoms with Crippen molar-refractivity contribution in [1.82, 2.24) is 5.32 Å². The van der Waals surface area contributed by atoms with Crippen LogP contribution in [-0.4, -0.2) is 31.8 Å². The first-order valence-corrected chi connectivity index (χ1v) is 5.53. The number of ether oxygens (including phenoxy) is 2. The molecule has 6 heteroatoms. The molecule has 0 radical (unpaired) electrons. The number of hydrogen-bond donors (Lipinski definition) is 1. The first-order chi connectivity index (χ1) is 8.60. The molecule has 1 aromatic rings. The van der Waals surface area contributed by atoms with E-state index in [2.05, 4.69) is 10.1 Å². The van der Waals surface area contributed by atoms with Crippen LogP contribution in [0.1, 0.15) is 6.42 Å². The van der Waals surface area contributed by atoms with Gasteiger partial charge >= 0.3 is 5.97 Å². The number of hydrogen-bond acceptors (Lipinski definition) is 4. The molecule has 0 amide bonds. The van der Waals surface area contributed by atoms with Crippen molar-refractivity contribution < 1.29 is 23.0 Å². The predicted octanol–water partition coefficient (Wildman–Crippen LogP) is 1.25. The maximum Gasteiger partial charge on any atom is 0.323 e. The number of carbonyl (C=O) groups is 1. The molecule has 98 valence electrons. The van der Waals surface area contributed by atoms with E-state index in [0.717, 1.165) is 12.1 Å². The van der Waals surface area contributed by atoms with Gasteiger partial charge in [-0.2, -0.15) is 0 Å². The summed E-state index contributed by atoms with van der Waals surface area (Å²) >= 11 is 0. The van der Waals surface area contributed by atoms with Crippen LogP contribution >= 0.6 is 0 Å². The van der Waals surface area contributed by atoms with Crippen molar-refractivity contribution in [3.8, 4) is 5.75 Å². The van der Waals surface area contributed by atoms with Gasteiger partial charge in [-0.1, -0.05) is 0 Å². The summed E-state index contributed by atoms with van der Waals surface area (Å²) in [6.07, 6.45) is 0.171. The maximum absolute atomic E-state index is 13.0. The first kappa shape index (κ1) is 12.8. The van der Waals surface area contributed by atoms with E-state index in [4.69, 9.17) is 4.74 Å². The van der Waals surface area contributed by atoms with E-state index >= 15 is 0 Å². The van der Waals surface area contributed by atoms with Crippen LogP contribution in [0.5, 0.6) is 5.75 Å².